The second kappa shape index (κ2) is 12.2. The van der Waals surface area contributed by atoms with Gasteiger partial charge in [0.2, 0.25) is 11.8 Å². The number of aromatic nitrogens is 2. The van der Waals surface area contributed by atoms with Gasteiger partial charge in [0.05, 0.1) is 18.7 Å². The first-order valence-electron chi connectivity index (χ1n) is 14.2. The van der Waals surface area contributed by atoms with Gasteiger partial charge in [-0.3, -0.25) is 14.2 Å². The zero-order valence-corrected chi connectivity index (χ0v) is 24.2. The molecule has 246 valence electrons. The Balaban J connectivity index is 1.31. The average Bonchev–Trinajstić information content (AvgIpc) is 3.02. The minimum Gasteiger partial charge on any atom is -0.465 e. The lowest BCUT2D eigenvalue weighted by Gasteiger charge is -2.46. The zero-order chi connectivity index (χ0) is 33.4. The summed E-state index contributed by atoms with van der Waals surface area (Å²) in [6, 6.07) is 12.4. The number of nitrogens with two attached hydrogens (primary N) is 1. The molecule has 3 atom stereocenters. The van der Waals surface area contributed by atoms with E-state index in [-0.39, 0.29) is 31.8 Å². The number of ether oxygens (including phenoxy) is 1. The summed E-state index contributed by atoms with van der Waals surface area (Å²) in [5, 5.41) is 20.6. The van der Waals surface area contributed by atoms with Crippen molar-refractivity contribution in [2.45, 2.75) is 43.0 Å². The number of carbonyl (C=O) groups excluding carboxylic acids is 1. The largest absolute Gasteiger partial charge is 0.465 e. The Hall–Kier alpha value is -4.73. The number of nitrogen functional groups attached to an aromatic ring is 1. The third kappa shape index (κ3) is 6.47. The van der Waals surface area contributed by atoms with E-state index >= 15 is 8.78 Å². The summed E-state index contributed by atoms with van der Waals surface area (Å²) in [4.78, 5) is 44.1. The standard InChI is InChI=1S/C30H30F5N5O6/c31-29(32)16-39(25(41)21-9-11-38(27(43)44)14-22(21)18-5-2-1-3-6-18)12-10-28(29,45)15-40-17-37-24(23(36)26(40)42)46-20-8-4-7-19(13-20)30(33,34)35/h1-8,13,17,21-22,45H,9-12,14-16,36H2,(H,43,44)/t21-,22+,28+/m1/s1. The van der Waals surface area contributed by atoms with Gasteiger partial charge in [-0.2, -0.15) is 13.2 Å². The number of amides is 2. The fourth-order valence-electron chi connectivity index (χ4n) is 5.86. The molecule has 5 rings (SSSR count). The number of anilines is 1. The quantitative estimate of drug-likeness (QED) is 0.338. The molecule has 2 aliphatic rings. The van der Waals surface area contributed by atoms with E-state index in [0.29, 0.717) is 16.2 Å². The van der Waals surface area contributed by atoms with Gasteiger partial charge in [-0.25, -0.2) is 18.6 Å². The number of hydrogen-bond acceptors (Lipinski definition) is 7. The smallest absolute Gasteiger partial charge is 0.416 e. The van der Waals surface area contributed by atoms with E-state index in [0.717, 1.165) is 23.4 Å². The number of likely N-dealkylation sites (tertiary alicyclic amines) is 2. The van der Waals surface area contributed by atoms with Crippen LogP contribution in [0.25, 0.3) is 0 Å². The number of carbonyl (C=O) groups is 2. The molecule has 4 N–H and O–H groups in total. The van der Waals surface area contributed by atoms with E-state index in [1.807, 2.05) is 0 Å². The molecule has 16 heteroatoms. The van der Waals surface area contributed by atoms with Crippen molar-refractivity contribution in [3.8, 4) is 11.6 Å². The Morgan fingerprint density at radius 3 is 2.43 bits per heavy atom. The second-order valence-electron chi connectivity index (χ2n) is 11.4. The van der Waals surface area contributed by atoms with Crippen LogP contribution in [0, 0.1) is 5.92 Å². The molecule has 3 heterocycles. The predicted molar refractivity (Wildman–Crippen MR) is 152 cm³/mol. The Morgan fingerprint density at radius 1 is 1.07 bits per heavy atom. The van der Waals surface area contributed by atoms with Crippen LogP contribution in [-0.2, 0) is 17.5 Å². The molecule has 0 unspecified atom stereocenters. The summed E-state index contributed by atoms with van der Waals surface area (Å²) >= 11 is 0. The second-order valence-corrected chi connectivity index (χ2v) is 11.4. The van der Waals surface area contributed by atoms with Crippen molar-refractivity contribution in [3.63, 3.8) is 0 Å². The van der Waals surface area contributed by atoms with Crippen molar-refractivity contribution >= 4 is 17.7 Å². The van der Waals surface area contributed by atoms with Crippen LogP contribution in [0.4, 0.5) is 32.4 Å². The number of rotatable bonds is 6. The molecule has 0 saturated carbocycles. The van der Waals surface area contributed by atoms with Crippen molar-refractivity contribution in [3.05, 3.63) is 82.4 Å². The van der Waals surface area contributed by atoms with E-state index in [2.05, 4.69) is 4.98 Å². The first-order valence-corrected chi connectivity index (χ1v) is 14.2. The monoisotopic (exact) mass is 651 g/mol. The molecule has 1 aromatic heterocycles. The van der Waals surface area contributed by atoms with Crippen LogP contribution >= 0.6 is 0 Å². The van der Waals surface area contributed by atoms with Gasteiger partial charge in [0.15, 0.2) is 5.69 Å². The Kier molecular flexibility index (Phi) is 8.68. The van der Waals surface area contributed by atoms with E-state index in [4.69, 9.17) is 10.5 Å². The van der Waals surface area contributed by atoms with Gasteiger partial charge in [0.25, 0.3) is 11.5 Å². The molecule has 2 saturated heterocycles. The first kappa shape index (κ1) is 32.7. The molecule has 0 radical (unpaired) electrons. The van der Waals surface area contributed by atoms with E-state index in [9.17, 15) is 37.8 Å². The van der Waals surface area contributed by atoms with Gasteiger partial charge in [0, 0.05) is 37.9 Å². The summed E-state index contributed by atoms with van der Waals surface area (Å²) in [5.41, 5.74) is 0.920. The molecule has 46 heavy (non-hydrogen) atoms. The molecule has 2 fully saturated rings. The van der Waals surface area contributed by atoms with E-state index in [1.54, 1.807) is 30.3 Å². The summed E-state index contributed by atoms with van der Waals surface area (Å²) in [7, 11) is 0. The van der Waals surface area contributed by atoms with Crippen LogP contribution < -0.4 is 16.0 Å². The highest BCUT2D eigenvalue weighted by Gasteiger charge is 2.58. The van der Waals surface area contributed by atoms with Crippen LogP contribution in [0.15, 0.2) is 65.7 Å². The van der Waals surface area contributed by atoms with Crippen LogP contribution in [0.5, 0.6) is 11.6 Å². The maximum atomic E-state index is 15.6. The molecule has 11 nitrogen and oxygen atoms in total. The Bertz CT molecular complexity index is 1670. The number of hydrogen-bond donors (Lipinski definition) is 3. The van der Waals surface area contributed by atoms with Gasteiger partial charge < -0.3 is 30.5 Å². The molecule has 2 amide bonds. The van der Waals surface area contributed by atoms with Gasteiger partial charge in [-0.1, -0.05) is 36.4 Å². The van der Waals surface area contributed by atoms with Crippen LogP contribution in [0.2, 0.25) is 0 Å². The maximum absolute atomic E-state index is 15.6. The fourth-order valence-corrected chi connectivity index (χ4v) is 5.86. The SMILES string of the molecule is Nc1c(Oc2cccc(C(F)(F)F)c2)ncn(C[C@@]2(O)CCN(C(=O)[C@@H]3CCN(C(=O)O)C[C@H]3c3ccccc3)CC2(F)F)c1=O. The topological polar surface area (TPSA) is 151 Å². The molecule has 0 aliphatic carbocycles. The molecule has 0 bridgehead atoms. The van der Waals surface area contributed by atoms with Gasteiger partial charge in [-0.05, 0) is 30.2 Å². The Labute approximate surface area is 258 Å². The highest BCUT2D eigenvalue weighted by molar-refractivity contribution is 5.81. The van der Waals surface area contributed by atoms with Crippen molar-refractivity contribution in [1.82, 2.24) is 19.4 Å². The summed E-state index contributed by atoms with van der Waals surface area (Å²) in [6.45, 7) is -2.33. The molecular formula is C30H30F5N5O6. The number of nitrogens with zero attached hydrogens (tertiary/aromatic N) is 4. The van der Waals surface area contributed by atoms with E-state index < -0.39 is 83.7 Å². The van der Waals surface area contributed by atoms with Crippen molar-refractivity contribution in [1.29, 1.82) is 0 Å². The molecule has 2 aliphatic heterocycles. The van der Waals surface area contributed by atoms with Gasteiger partial charge in [-0.15, -0.1) is 0 Å². The van der Waals surface area contributed by atoms with Gasteiger partial charge >= 0.3 is 12.3 Å². The minimum atomic E-state index is -4.66. The molecule has 2 aromatic carbocycles. The van der Waals surface area contributed by atoms with Crippen LogP contribution in [0.3, 0.4) is 0 Å². The summed E-state index contributed by atoms with van der Waals surface area (Å²) < 4.78 is 76.3. The normalized spacial score (nSPS) is 23.2. The molecule has 0 spiro atoms. The average molecular weight is 652 g/mol. The fraction of sp³-hybridized carbons (Fsp3) is 0.400. The Morgan fingerprint density at radius 2 is 1.78 bits per heavy atom. The maximum Gasteiger partial charge on any atom is 0.416 e. The summed E-state index contributed by atoms with van der Waals surface area (Å²) in [5.74, 6) is -6.72. The lowest BCUT2D eigenvalue weighted by Crippen LogP contribution is -2.64. The summed E-state index contributed by atoms with van der Waals surface area (Å²) in [6.07, 6.45) is -5.53. The van der Waals surface area contributed by atoms with Crippen LogP contribution in [0.1, 0.15) is 29.9 Å². The molecular weight excluding hydrogens is 621 g/mol. The highest BCUT2D eigenvalue weighted by atomic mass is 19.4. The van der Waals surface area contributed by atoms with Gasteiger partial charge in [0.1, 0.15) is 17.7 Å². The third-order valence-corrected chi connectivity index (χ3v) is 8.45. The lowest BCUT2D eigenvalue weighted by atomic mass is 9.79. The number of aliphatic hydroxyl groups is 1. The van der Waals surface area contributed by atoms with Crippen molar-refractivity contribution in [2.75, 3.05) is 31.9 Å². The van der Waals surface area contributed by atoms with Crippen molar-refractivity contribution < 1.29 is 46.5 Å². The number of piperidine rings is 2. The number of halogens is 5. The third-order valence-electron chi connectivity index (χ3n) is 8.45. The van der Waals surface area contributed by atoms with E-state index in [1.165, 1.54) is 11.0 Å². The number of alkyl halides is 5. The van der Waals surface area contributed by atoms with Crippen molar-refractivity contribution in [2.24, 2.45) is 5.92 Å². The highest BCUT2D eigenvalue weighted by Crippen LogP contribution is 2.41. The number of benzene rings is 2. The number of carboxylic acid groups (broad SMARTS) is 1. The first-order chi connectivity index (χ1) is 21.6. The predicted octanol–water partition coefficient (Wildman–Crippen LogP) is 4.02. The zero-order valence-electron chi connectivity index (χ0n) is 24.2. The van der Waals surface area contributed by atoms with Crippen LogP contribution in [-0.4, -0.2) is 79.3 Å². The minimum absolute atomic E-state index is 0.00867. The lowest BCUT2D eigenvalue weighted by molar-refractivity contribution is -0.223. The molecule has 3 aromatic rings.